The Morgan fingerprint density at radius 1 is 0.400 bits per heavy atom. The van der Waals surface area contributed by atoms with Crippen LogP contribution in [0.1, 0.15) is 232 Å². The highest BCUT2D eigenvalue weighted by atomic mass is 16.4. The predicted octanol–water partition coefficient (Wildman–Crippen LogP) is 14.0. The molecule has 0 aromatic rings. The van der Waals surface area contributed by atoms with Crippen LogP contribution in [0.25, 0.3) is 0 Å². The molecule has 0 atom stereocenters. The van der Waals surface area contributed by atoms with E-state index in [2.05, 4.69) is 13.8 Å². The normalized spacial score (nSPS) is 11.9. The molecule has 266 valence electrons. The molecule has 4 nitrogen and oxygen atoms in total. The maximum absolute atomic E-state index is 11.9. The largest absolute Gasteiger partial charge is 0.478 e. The lowest BCUT2D eigenvalue weighted by atomic mass is 9.87. The molecule has 0 heterocycles. The van der Waals surface area contributed by atoms with Crippen molar-refractivity contribution in [2.75, 3.05) is 0 Å². The third kappa shape index (κ3) is 32.4. The summed E-state index contributed by atoms with van der Waals surface area (Å²) in [6.45, 7) is 4.55. The molecule has 0 aromatic heterocycles. The molecule has 0 aromatic carbocycles. The summed E-state index contributed by atoms with van der Waals surface area (Å²) in [5.41, 5.74) is 0.101. The van der Waals surface area contributed by atoms with E-state index in [9.17, 15) is 19.8 Å². The molecule has 0 rings (SSSR count). The van der Waals surface area contributed by atoms with Crippen molar-refractivity contribution < 1.29 is 19.8 Å². The van der Waals surface area contributed by atoms with Gasteiger partial charge in [0.2, 0.25) is 0 Å². The second-order valence-corrected chi connectivity index (χ2v) is 14.1. The predicted molar refractivity (Wildman–Crippen MR) is 195 cm³/mol. The molecule has 0 fully saturated rings. The molecule has 0 saturated heterocycles. The molecule has 0 aliphatic carbocycles. The van der Waals surface area contributed by atoms with Crippen LogP contribution in [-0.2, 0) is 9.59 Å². The number of unbranched alkanes of at least 4 members (excludes halogenated alkanes) is 30. The van der Waals surface area contributed by atoms with Crippen molar-refractivity contribution in [2.45, 2.75) is 232 Å². The molecule has 0 aliphatic heterocycles. The summed E-state index contributed by atoms with van der Waals surface area (Å²) in [6.07, 6.45) is 44.8. The SMILES string of the molecule is CCCCCCCCCCCCCCCCCCC(CCCCCCCCCCCCCCCCCC)/C(=C/C(=O)O)C(=O)O. The monoisotopic (exact) mass is 635 g/mol. The summed E-state index contributed by atoms with van der Waals surface area (Å²) in [5, 5.41) is 19.0. The molecule has 45 heavy (non-hydrogen) atoms. The number of hydrogen-bond donors (Lipinski definition) is 2. The van der Waals surface area contributed by atoms with Crippen molar-refractivity contribution in [3.63, 3.8) is 0 Å². The standard InChI is InChI=1S/C41H78O4/c1-3-5-7-9-11-13-15-17-19-21-23-25-27-29-31-33-35-38(39(41(44)45)37-40(42)43)36-34-32-30-28-26-24-22-20-18-16-14-12-10-8-6-4-2/h37-38H,3-36H2,1-2H3,(H,42,43)(H,44,45)/b39-37-. The summed E-state index contributed by atoms with van der Waals surface area (Å²) in [7, 11) is 0. The quantitative estimate of drug-likeness (QED) is 0.0526. The van der Waals surface area contributed by atoms with Gasteiger partial charge in [-0.15, -0.1) is 0 Å². The smallest absolute Gasteiger partial charge is 0.332 e. The zero-order chi connectivity index (χ0) is 33.1. The van der Waals surface area contributed by atoms with Gasteiger partial charge in [-0.05, 0) is 18.8 Å². The van der Waals surface area contributed by atoms with E-state index in [4.69, 9.17) is 0 Å². The number of carbonyl (C=O) groups is 2. The first-order chi connectivity index (χ1) is 22.0. The fourth-order valence-corrected chi connectivity index (χ4v) is 6.82. The van der Waals surface area contributed by atoms with E-state index in [1.54, 1.807) is 0 Å². The maximum atomic E-state index is 11.9. The van der Waals surface area contributed by atoms with E-state index in [1.807, 2.05) is 0 Å². The molecule has 4 heteroatoms. The van der Waals surface area contributed by atoms with Crippen molar-refractivity contribution in [2.24, 2.45) is 5.92 Å². The van der Waals surface area contributed by atoms with E-state index in [0.717, 1.165) is 44.6 Å². The Morgan fingerprint density at radius 2 is 0.622 bits per heavy atom. The first-order valence-corrected chi connectivity index (χ1v) is 20.2. The van der Waals surface area contributed by atoms with Gasteiger partial charge in [0, 0.05) is 11.6 Å². The van der Waals surface area contributed by atoms with Crippen LogP contribution in [0.15, 0.2) is 11.6 Å². The maximum Gasteiger partial charge on any atom is 0.332 e. The lowest BCUT2D eigenvalue weighted by Gasteiger charge is -2.17. The van der Waals surface area contributed by atoms with Gasteiger partial charge in [-0.3, -0.25) is 0 Å². The average Bonchev–Trinajstić information content (AvgIpc) is 3.02. The number of hydrogen-bond acceptors (Lipinski definition) is 2. The summed E-state index contributed by atoms with van der Waals surface area (Å²) < 4.78 is 0. The minimum atomic E-state index is -1.14. The summed E-state index contributed by atoms with van der Waals surface area (Å²) >= 11 is 0. The third-order valence-electron chi connectivity index (χ3n) is 9.78. The van der Waals surface area contributed by atoms with Crippen molar-refractivity contribution in [3.8, 4) is 0 Å². The minimum Gasteiger partial charge on any atom is -0.478 e. The van der Waals surface area contributed by atoms with Gasteiger partial charge < -0.3 is 10.2 Å². The van der Waals surface area contributed by atoms with Crippen molar-refractivity contribution in [1.29, 1.82) is 0 Å². The van der Waals surface area contributed by atoms with Gasteiger partial charge in [0.15, 0.2) is 0 Å². The Morgan fingerprint density at radius 3 is 0.822 bits per heavy atom. The Balaban J connectivity index is 3.94. The van der Waals surface area contributed by atoms with E-state index in [-0.39, 0.29) is 11.5 Å². The van der Waals surface area contributed by atoms with Gasteiger partial charge in [0.25, 0.3) is 0 Å². The van der Waals surface area contributed by atoms with Crippen LogP contribution >= 0.6 is 0 Å². The van der Waals surface area contributed by atoms with Crippen LogP contribution in [0.5, 0.6) is 0 Å². The van der Waals surface area contributed by atoms with E-state index >= 15 is 0 Å². The number of carboxylic acids is 2. The molecule has 0 unspecified atom stereocenters. The third-order valence-corrected chi connectivity index (χ3v) is 9.78. The van der Waals surface area contributed by atoms with Gasteiger partial charge in [0.1, 0.15) is 0 Å². The highest BCUT2D eigenvalue weighted by molar-refractivity contribution is 5.95. The topological polar surface area (TPSA) is 74.6 Å². The zero-order valence-electron chi connectivity index (χ0n) is 30.4. The first kappa shape index (κ1) is 43.7. The van der Waals surface area contributed by atoms with Gasteiger partial charge in [-0.1, -0.05) is 219 Å². The van der Waals surface area contributed by atoms with Crippen LogP contribution in [0.3, 0.4) is 0 Å². The Kier molecular flexibility index (Phi) is 34.5. The summed E-state index contributed by atoms with van der Waals surface area (Å²) in [4.78, 5) is 23.2. The van der Waals surface area contributed by atoms with Crippen LogP contribution < -0.4 is 0 Å². The molecule has 0 bridgehead atoms. The molecule has 2 N–H and O–H groups in total. The van der Waals surface area contributed by atoms with E-state index in [0.29, 0.717) is 0 Å². The fraction of sp³-hybridized carbons (Fsp3) is 0.902. The fourth-order valence-electron chi connectivity index (χ4n) is 6.82. The average molecular weight is 635 g/mol. The van der Waals surface area contributed by atoms with Crippen molar-refractivity contribution in [1.82, 2.24) is 0 Å². The number of aliphatic carboxylic acids is 2. The molecule has 0 amide bonds. The lowest BCUT2D eigenvalue weighted by molar-refractivity contribution is -0.135. The number of carboxylic acid groups (broad SMARTS) is 2. The van der Waals surface area contributed by atoms with Crippen LogP contribution in [0.2, 0.25) is 0 Å². The van der Waals surface area contributed by atoms with E-state index < -0.39 is 11.9 Å². The van der Waals surface area contributed by atoms with Gasteiger partial charge in [-0.2, -0.15) is 0 Å². The van der Waals surface area contributed by atoms with Gasteiger partial charge in [0.05, 0.1) is 0 Å². The summed E-state index contributed by atoms with van der Waals surface area (Å²) in [5.74, 6) is -2.34. The molecular weight excluding hydrogens is 556 g/mol. The van der Waals surface area contributed by atoms with Crippen LogP contribution in [-0.4, -0.2) is 22.2 Å². The van der Waals surface area contributed by atoms with Crippen LogP contribution in [0.4, 0.5) is 0 Å². The van der Waals surface area contributed by atoms with E-state index in [1.165, 1.54) is 180 Å². The Bertz CT molecular complexity index is 634. The van der Waals surface area contributed by atoms with Gasteiger partial charge in [-0.25, -0.2) is 9.59 Å². The molecule has 0 saturated carbocycles. The number of rotatable bonds is 37. The van der Waals surface area contributed by atoms with Crippen LogP contribution in [0, 0.1) is 5.92 Å². The second kappa shape index (κ2) is 35.5. The highest BCUT2D eigenvalue weighted by Gasteiger charge is 2.21. The van der Waals surface area contributed by atoms with Crippen molar-refractivity contribution >= 4 is 11.9 Å². The first-order valence-electron chi connectivity index (χ1n) is 20.2. The van der Waals surface area contributed by atoms with Gasteiger partial charge >= 0.3 is 11.9 Å². The summed E-state index contributed by atoms with van der Waals surface area (Å²) in [6, 6.07) is 0. The second-order valence-electron chi connectivity index (χ2n) is 14.1. The molecule has 0 spiro atoms. The Labute approximate surface area is 281 Å². The minimum absolute atomic E-state index is 0.101. The lowest BCUT2D eigenvalue weighted by Crippen LogP contribution is -2.15. The molecule has 0 radical (unpaired) electrons. The van der Waals surface area contributed by atoms with Crippen molar-refractivity contribution in [3.05, 3.63) is 11.6 Å². The zero-order valence-corrected chi connectivity index (χ0v) is 30.4. The highest BCUT2D eigenvalue weighted by Crippen LogP contribution is 2.26. The Hall–Kier alpha value is -1.32. The molecule has 0 aliphatic rings. The molecular formula is C41H78O4.